The second-order valence-corrected chi connectivity index (χ2v) is 6.14. The molecular weight excluding hydrogens is 288 g/mol. The number of hydrogen-bond donors (Lipinski definition) is 1. The highest BCUT2D eigenvalue weighted by Gasteiger charge is 2.35. The minimum absolute atomic E-state index is 0.169. The normalized spacial score (nSPS) is 17.0. The molecule has 1 aromatic heterocycles. The first kappa shape index (κ1) is 15.7. The molecule has 0 aliphatic carbocycles. The molecule has 0 radical (unpaired) electrons. The Hall–Kier alpha value is -2.20. The van der Waals surface area contributed by atoms with Crippen molar-refractivity contribution in [2.75, 3.05) is 13.1 Å². The van der Waals surface area contributed by atoms with Crippen molar-refractivity contribution in [3.8, 4) is 0 Å². The summed E-state index contributed by atoms with van der Waals surface area (Å²) in [5.41, 5.74) is 1.17. The Morgan fingerprint density at radius 1 is 1.13 bits per heavy atom. The number of likely N-dealkylation sites (tertiary alicyclic amines) is 1. The van der Waals surface area contributed by atoms with Gasteiger partial charge in [-0.15, -0.1) is 0 Å². The van der Waals surface area contributed by atoms with Gasteiger partial charge in [-0.2, -0.15) is 0 Å². The third-order valence-corrected chi connectivity index (χ3v) is 4.61. The lowest BCUT2D eigenvalue weighted by Gasteiger charge is -2.38. The number of pyridine rings is 1. The van der Waals surface area contributed by atoms with Crippen LogP contribution in [0.2, 0.25) is 0 Å². The number of carbonyl (C=O) groups is 1. The lowest BCUT2D eigenvalue weighted by atomic mass is 9.85. The minimum Gasteiger partial charge on any atom is -0.385 e. The summed E-state index contributed by atoms with van der Waals surface area (Å²) in [4.78, 5) is 18.3. The summed E-state index contributed by atoms with van der Waals surface area (Å²) < 4.78 is 0. The van der Waals surface area contributed by atoms with Gasteiger partial charge in [0.1, 0.15) is 0 Å². The molecule has 23 heavy (non-hydrogen) atoms. The van der Waals surface area contributed by atoms with Crippen molar-refractivity contribution in [2.45, 2.75) is 31.3 Å². The van der Waals surface area contributed by atoms with E-state index in [1.807, 2.05) is 47.4 Å². The van der Waals surface area contributed by atoms with Crippen LogP contribution in [-0.2, 0) is 16.8 Å². The molecule has 2 aromatic rings. The van der Waals surface area contributed by atoms with Crippen LogP contribution in [0.15, 0.2) is 54.9 Å². The van der Waals surface area contributed by atoms with Crippen molar-refractivity contribution < 1.29 is 9.90 Å². The van der Waals surface area contributed by atoms with Gasteiger partial charge in [-0.3, -0.25) is 9.78 Å². The van der Waals surface area contributed by atoms with Gasteiger partial charge in [0.05, 0.1) is 5.60 Å². The van der Waals surface area contributed by atoms with E-state index in [0.29, 0.717) is 32.4 Å². The Labute approximate surface area is 136 Å². The van der Waals surface area contributed by atoms with Crippen LogP contribution < -0.4 is 0 Å². The summed E-state index contributed by atoms with van der Waals surface area (Å²) in [6.45, 7) is 1.19. The number of aromatic nitrogens is 1. The molecule has 0 bridgehead atoms. The second kappa shape index (κ2) is 6.92. The highest BCUT2D eigenvalue weighted by Crippen LogP contribution is 2.32. The van der Waals surface area contributed by atoms with Crippen molar-refractivity contribution >= 4 is 5.91 Å². The summed E-state index contributed by atoms with van der Waals surface area (Å²) in [5, 5.41) is 10.8. The fraction of sp³-hybridized carbons (Fsp3) is 0.368. The molecule has 1 aromatic carbocycles. The van der Waals surface area contributed by atoms with E-state index < -0.39 is 5.60 Å². The smallest absolute Gasteiger partial charge is 0.222 e. The van der Waals surface area contributed by atoms with Gasteiger partial charge >= 0.3 is 0 Å². The van der Waals surface area contributed by atoms with E-state index in [0.717, 1.165) is 12.0 Å². The van der Waals surface area contributed by atoms with Gasteiger partial charge in [-0.1, -0.05) is 36.4 Å². The summed E-state index contributed by atoms with van der Waals surface area (Å²) in [6, 6.07) is 13.8. The topological polar surface area (TPSA) is 53.4 Å². The van der Waals surface area contributed by atoms with Crippen LogP contribution in [0, 0.1) is 0 Å². The quantitative estimate of drug-likeness (QED) is 0.944. The Balaban J connectivity index is 1.53. The van der Waals surface area contributed by atoms with Crippen molar-refractivity contribution in [1.82, 2.24) is 9.88 Å². The first-order valence-electron chi connectivity index (χ1n) is 8.12. The lowest BCUT2D eigenvalue weighted by molar-refractivity contribution is -0.135. The maximum absolute atomic E-state index is 12.4. The van der Waals surface area contributed by atoms with E-state index in [9.17, 15) is 9.90 Å². The Bertz CT molecular complexity index is 635. The summed E-state index contributed by atoms with van der Waals surface area (Å²) in [7, 11) is 0. The van der Waals surface area contributed by atoms with Crippen LogP contribution >= 0.6 is 0 Å². The van der Waals surface area contributed by atoms with E-state index >= 15 is 0 Å². The number of hydrogen-bond acceptors (Lipinski definition) is 3. The maximum Gasteiger partial charge on any atom is 0.222 e. The van der Waals surface area contributed by atoms with Crippen molar-refractivity contribution in [1.29, 1.82) is 0 Å². The Morgan fingerprint density at radius 2 is 1.87 bits per heavy atom. The molecule has 3 rings (SSSR count). The molecule has 4 heteroatoms. The van der Waals surface area contributed by atoms with Crippen LogP contribution in [0.1, 0.15) is 30.4 Å². The van der Waals surface area contributed by atoms with Gasteiger partial charge in [-0.05, 0) is 30.9 Å². The van der Waals surface area contributed by atoms with E-state index in [1.54, 1.807) is 12.4 Å². The number of nitrogens with zero attached hydrogens (tertiary/aromatic N) is 2. The van der Waals surface area contributed by atoms with Crippen LogP contribution in [0.5, 0.6) is 0 Å². The van der Waals surface area contributed by atoms with Gasteiger partial charge in [0.15, 0.2) is 0 Å². The van der Waals surface area contributed by atoms with Gasteiger partial charge in [0.2, 0.25) is 5.91 Å². The summed E-state index contributed by atoms with van der Waals surface area (Å²) in [6.07, 6.45) is 5.84. The minimum atomic E-state index is -0.857. The zero-order valence-electron chi connectivity index (χ0n) is 13.2. The van der Waals surface area contributed by atoms with Crippen LogP contribution in [0.3, 0.4) is 0 Å². The molecular formula is C19H22N2O2. The lowest BCUT2D eigenvalue weighted by Crippen LogP contribution is -2.45. The molecule has 120 valence electrons. The standard InChI is InChI=1S/C19H22N2O2/c22-18(9-8-16-5-2-1-3-6-16)21-13-10-19(23,11-14-21)17-7-4-12-20-15-17/h1-7,12,15,23H,8-11,13-14H2. The summed E-state index contributed by atoms with van der Waals surface area (Å²) >= 11 is 0. The fourth-order valence-corrected chi connectivity index (χ4v) is 3.11. The number of aliphatic hydroxyl groups is 1. The monoisotopic (exact) mass is 310 g/mol. The molecule has 1 fully saturated rings. The first-order valence-corrected chi connectivity index (χ1v) is 8.12. The number of amides is 1. The average Bonchev–Trinajstić information content (AvgIpc) is 2.62. The molecule has 1 saturated heterocycles. The van der Waals surface area contributed by atoms with Crippen LogP contribution in [0.4, 0.5) is 0 Å². The molecule has 1 aliphatic rings. The molecule has 0 unspecified atom stereocenters. The molecule has 0 saturated carbocycles. The highest BCUT2D eigenvalue weighted by atomic mass is 16.3. The predicted octanol–water partition coefficient (Wildman–Crippen LogP) is 2.52. The number of piperidine rings is 1. The zero-order chi connectivity index (χ0) is 16.1. The third-order valence-electron chi connectivity index (χ3n) is 4.61. The van der Waals surface area contributed by atoms with Crippen molar-refractivity contribution in [3.63, 3.8) is 0 Å². The Morgan fingerprint density at radius 3 is 2.52 bits per heavy atom. The predicted molar refractivity (Wildman–Crippen MR) is 88.7 cm³/mol. The Kier molecular flexibility index (Phi) is 4.72. The molecule has 2 heterocycles. The average molecular weight is 310 g/mol. The van der Waals surface area contributed by atoms with Gasteiger partial charge < -0.3 is 10.0 Å². The number of rotatable bonds is 4. The largest absolute Gasteiger partial charge is 0.385 e. The van der Waals surface area contributed by atoms with Crippen molar-refractivity contribution in [3.05, 3.63) is 66.0 Å². The molecule has 0 atom stereocenters. The van der Waals surface area contributed by atoms with Crippen molar-refractivity contribution in [2.24, 2.45) is 0 Å². The number of benzene rings is 1. The van der Waals surface area contributed by atoms with E-state index in [4.69, 9.17) is 0 Å². The second-order valence-electron chi connectivity index (χ2n) is 6.14. The van der Waals surface area contributed by atoms with E-state index in [-0.39, 0.29) is 5.91 Å². The molecule has 4 nitrogen and oxygen atoms in total. The highest BCUT2D eigenvalue weighted by molar-refractivity contribution is 5.76. The zero-order valence-corrected chi connectivity index (χ0v) is 13.2. The van der Waals surface area contributed by atoms with Gasteiger partial charge in [-0.25, -0.2) is 0 Å². The van der Waals surface area contributed by atoms with Crippen LogP contribution in [0.25, 0.3) is 0 Å². The summed E-state index contributed by atoms with van der Waals surface area (Å²) in [5.74, 6) is 0.169. The van der Waals surface area contributed by atoms with E-state index in [1.165, 1.54) is 5.56 Å². The number of carbonyl (C=O) groups excluding carboxylic acids is 1. The molecule has 1 N–H and O–H groups in total. The first-order chi connectivity index (χ1) is 11.2. The fourth-order valence-electron chi connectivity index (χ4n) is 3.11. The molecule has 1 amide bonds. The third kappa shape index (κ3) is 3.77. The SMILES string of the molecule is O=C(CCc1ccccc1)N1CCC(O)(c2cccnc2)CC1. The van der Waals surface area contributed by atoms with E-state index in [2.05, 4.69) is 4.98 Å². The van der Waals surface area contributed by atoms with Crippen LogP contribution in [-0.4, -0.2) is 34.0 Å². The van der Waals surface area contributed by atoms with Gasteiger partial charge in [0.25, 0.3) is 0 Å². The maximum atomic E-state index is 12.4. The molecule has 0 spiro atoms. The van der Waals surface area contributed by atoms with Gasteiger partial charge in [0, 0.05) is 37.5 Å². The number of aryl methyl sites for hydroxylation is 1. The molecule has 1 aliphatic heterocycles.